The first-order chi connectivity index (χ1) is 10.9. The highest BCUT2D eigenvalue weighted by atomic mass is 19.1. The molecule has 0 unspecified atom stereocenters. The third kappa shape index (κ3) is 4.09. The van der Waals surface area contributed by atoms with Crippen LogP contribution in [-0.2, 0) is 9.53 Å². The zero-order chi connectivity index (χ0) is 17.0. The average Bonchev–Trinajstić information content (AvgIpc) is 2.48. The van der Waals surface area contributed by atoms with Crippen molar-refractivity contribution in [2.45, 2.75) is 0 Å². The van der Waals surface area contributed by atoms with E-state index in [9.17, 15) is 28.0 Å². The van der Waals surface area contributed by atoms with Crippen molar-refractivity contribution in [1.29, 1.82) is 0 Å². The van der Waals surface area contributed by atoms with E-state index in [1.807, 2.05) is 0 Å². The molecule has 0 saturated heterocycles. The van der Waals surface area contributed by atoms with E-state index in [2.05, 4.69) is 15.0 Å². The van der Waals surface area contributed by atoms with Crippen molar-refractivity contribution in [2.75, 3.05) is 11.9 Å². The van der Waals surface area contributed by atoms with Crippen LogP contribution in [0.25, 0.3) is 0 Å². The number of hydrogen-bond acceptors (Lipinski definition) is 5. The zero-order valence-electron chi connectivity index (χ0n) is 11.3. The lowest BCUT2D eigenvalue weighted by atomic mass is 10.3. The monoisotopic (exact) mass is 325 g/mol. The zero-order valence-corrected chi connectivity index (χ0v) is 11.3. The molecule has 0 atom stereocenters. The molecule has 0 aliphatic heterocycles. The number of halogens is 2. The van der Waals surface area contributed by atoms with Gasteiger partial charge in [0.1, 0.15) is 17.2 Å². The maximum Gasteiger partial charge on any atom is 0.345 e. The maximum atomic E-state index is 13.3. The van der Waals surface area contributed by atoms with Crippen LogP contribution in [0, 0.1) is 11.6 Å². The predicted octanol–water partition coefficient (Wildman–Crippen LogP) is 0.137. The van der Waals surface area contributed by atoms with Crippen LogP contribution in [0.3, 0.4) is 0 Å². The van der Waals surface area contributed by atoms with Gasteiger partial charge in [-0.15, -0.1) is 0 Å². The van der Waals surface area contributed by atoms with Gasteiger partial charge in [0.2, 0.25) is 0 Å². The van der Waals surface area contributed by atoms with Crippen molar-refractivity contribution in [3.05, 3.63) is 62.4 Å². The molecule has 2 aromatic rings. The van der Waals surface area contributed by atoms with Gasteiger partial charge in [0.15, 0.2) is 6.61 Å². The van der Waals surface area contributed by atoms with E-state index in [1.165, 1.54) is 0 Å². The number of aromatic amines is 2. The standard InChI is InChI=1S/C13H9F2N3O5/c14-6-1-2-9(8(15)3-6)17-10(19)5-23-12(21)7-4-16-13(22)18-11(7)20/h1-4H,5H2,(H,17,19)(H2,16,18,20,22). The van der Waals surface area contributed by atoms with Crippen LogP contribution in [0.1, 0.15) is 10.4 Å². The summed E-state index contributed by atoms with van der Waals surface area (Å²) in [5.74, 6) is -3.87. The molecule has 8 nitrogen and oxygen atoms in total. The molecule has 1 amide bonds. The lowest BCUT2D eigenvalue weighted by Gasteiger charge is -2.07. The Bertz CT molecular complexity index is 874. The van der Waals surface area contributed by atoms with Gasteiger partial charge in [-0.1, -0.05) is 0 Å². The van der Waals surface area contributed by atoms with Crippen molar-refractivity contribution >= 4 is 17.6 Å². The lowest BCUT2D eigenvalue weighted by molar-refractivity contribution is -0.119. The van der Waals surface area contributed by atoms with E-state index in [4.69, 9.17) is 0 Å². The molecular weight excluding hydrogens is 316 g/mol. The molecule has 1 heterocycles. The molecule has 0 bridgehead atoms. The fourth-order valence-corrected chi connectivity index (χ4v) is 1.55. The van der Waals surface area contributed by atoms with Crippen LogP contribution in [0.2, 0.25) is 0 Å². The molecule has 0 aliphatic carbocycles. The van der Waals surface area contributed by atoms with E-state index in [0.717, 1.165) is 18.3 Å². The largest absolute Gasteiger partial charge is 0.452 e. The third-order valence-electron chi connectivity index (χ3n) is 2.58. The Morgan fingerprint density at radius 1 is 1.22 bits per heavy atom. The summed E-state index contributed by atoms with van der Waals surface area (Å²) >= 11 is 0. The topological polar surface area (TPSA) is 121 Å². The maximum absolute atomic E-state index is 13.3. The van der Waals surface area contributed by atoms with E-state index in [0.29, 0.717) is 6.07 Å². The Hall–Kier alpha value is -3.30. The number of nitrogens with one attached hydrogen (secondary N) is 3. The molecule has 0 fully saturated rings. The van der Waals surface area contributed by atoms with Crippen molar-refractivity contribution in [1.82, 2.24) is 9.97 Å². The minimum Gasteiger partial charge on any atom is -0.452 e. The van der Waals surface area contributed by atoms with Crippen LogP contribution in [-0.4, -0.2) is 28.5 Å². The van der Waals surface area contributed by atoms with Gasteiger partial charge in [-0.3, -0.25) is 14.6 Å². The molecule has 10 heteroatoms. The molecule has 120 valence electrons. The van der Waals surface area contributed by atoms with E-state index in [1.54, 1.807) is 4.98 Å². The van der Waals surface area contributed by atoms with Gasteiger partial charge in [0.05, 0.1) is 5.69 Å². The van der Waals surface area contributed by atoms with Gasteiger partial charge in [-0.25, -0.2) is 18.4 Å². The van der Waals surface area contributed by atoms with Crippen molar-refractivity contribution < 1.29 is 23.1 Å². The van der Waals surface area contributed by atoms with E-state index in [-0.39, 0.29) is 5.69 Å². The molecule has 0 aliphatic rings. The fourth-order valence-electron chi connectivity index (χ4n) is 1.55. The molecule has 3 N–H and O–H groups in total. The SMILES string of the molecule is O=C(COC(=O)c1c[nH]c(=O)[nH]c1=O)Nc1ccc(F)cc1F. The second kappa shape index (κ2) is 6.64. The summed E-state index contributed by atoms with van der Waals surface area (Å²) in [6.45, 7) is -0.811. The smallest absolute Gasteiger partial charge is 0.345 e. The van der Waals surface area contributed by atoms with Crippen LogP contribution in [0.4, 0.5) is 14.5 Å². The van der Waals surface area contributed by atoms with Crippen molar-refractivity contribution in [2.24, 2.45) is 0 Å². The molecule has 2 rings (SSSR count). The lowest BCUT2D eigenvalue weighted by Crippen LogP contribution is -2.29. The van der Waals surface area contributed by atoms with Gasteiger partial charge in [-0.2, -0.15) is 0 Å². The highest BCUT2D eigenvalue weighted by Crippen LogP contribution is 2.14. The summed E-state index contributed by atoms with van der Waals surface area (Å²) in [4.78, 5) is 49.1. The van der Waals surface area contributed by atoms with Gasteiger partial charge in [0, 0.05) is 12.3 Å². The predicted molar refractivity (Wildman–Crippen MR) is 73.0 cm³/mol. The molecule has 1 aromatic carbocycles. The van der Waals surface area contributed by atoms with Gasteiger partial charge in [0.25, 0.3) is 11.5 Å². The first-order valence-electron chi connectivity index (χ1n) is 6.11. The van der Waals surface area contributed by atoms with E-state index >= 15 is 0 Å². The molecular formula is C13H9F2N3O5. The Balaban J connectivity index is 1.97. The van der Waals surface area contributed by atoms with Crippen molar-refractivity contribution in [3.8, 4) is 0 Å². The number of carbonyl (C=O) groups is 2. The van der Waals surface area contributed by atoms with Gasteiger partial charge in [-0.05, 0) is 12.1 Å². The van der Waals surface area contributed by atoms with Crippen LogP contribution in [0.15, 0.2) is 34.0 Å². The fraction of sp³-hybridized carbons (Fsp3) is 0.0769. The number of anilines is 1. The quantitative estimate of drug-likeness (QED) is 0.690. The number of esters is 1. The Labute approximate surface area is 126 Å². The summed E-state index contributed by atoms with van der Waals surface area (Å²) in [7, 11) is 0. The second-order valence-electron chi connectivity index (χ2n) is 4.23. The summed E-state index contributed by atoms with van der Waals surface area (Å²) in [5, 5.41) is 2.07. The Morgan fingerprint density at radius 2 is 1.96 bits per heavy atom. The summed E-state index contributed by atoms with van der Waals surface area (Å²) in [5.41, 5.74) is -2.60. The number of ether oxygens (including phenoxy) is 1. The van der Waals surface area contributed by atoms with Gasteiger partial charge >= 0.3 is 11.7 Å². The molecule has 0 saturated carbocycles. The minimum absolute atomic E-state index is 0.297. The summed E-state index contributed by atoms with van der Waals surface area (Å²) in [6.07, 6.45) is 0.834. The number of hydrogen-bond donors (Lipinski definition) is 3. The van der Waals surface area contributed by atoms with Crippen LogP contribution < -0.4 is 16.6 Å². The van der Waals surface area contributed by atoms with E-state index < -0.39 is 46.9 Å². The number of aromatic nitrogens is 2. The third-order valence-corrected chi connectivity index (χ3v) is 2.58. The first-order valence-corrected chi connectivity index (χ1v) is 6.11. The first kappa shape index (κ1) is 16.1. The number of benzene rings is 1. The Kier molecular flexibility index (Phi) is 4.64. The minimum atomic E-state index is -1.16. The number of H-pyrrole nitrogens is 2. The highest BCUT2D eigenvalue weighted by Gasteiger charge is 2.15. The normalized spacial score (nSPS) is 10.2. The molecule has 0 spiro atoms. The number of carbonyl (C=O) groups excluding carboxylic acids is 2. The molecule has 0 radical (unpaired) electrons. The van der Waals surface area contributed by atoms with Crippen LogP contribution in [0.5, 0.6) is 0 Å². The summed E-state index contributed by atoms with van der Waals surface area (Å²) < 4.78 is 30.6. The van der Waals surface area contributed by atoms with Gasteiger partial charge < -0.3 is 15.0 Å². The molecule has 23 heavy (non-hydrogen) atoms. The van der Waals surface area contributed by atoms with Crippen LogP contribution >= 0.6 is 0 Å². The number of amides is 1. The summed E-state index contributed by atoms with van der Waals surface area (Å²) in [6, 6.07) is 2.50. The second-order valence-corrected chi connectivity index (χ2v) is 4.23. The number of rotatable bonds is 4. The van der Waals surface area contributed by atoms with Crippen molar-refractivity contribution in [3.63, 3.8) is 0 Å². The Morgan fingerprint density at radius 3 is 2.61 bits per heavy atom. The highest BCUT2D eigenvalue weighted by molar-refractivity contribution is 5.95. The molecule has 1 aromatic heterocycles. The average molecular weight is 325 g/mol.